The van der Waals surface area contributed by atoms with E-state index in [1.807, 2.05) is 56.3 Å². The van der Waals surface area contributed by atoms with Crippen molar-refractivity contribution in [1.29, 1.82) is 0 Å². The first-order chi connectivity index (χ1) is 16.9. The molecule has 0 fully saturated rings. The van der Waals surface area contributed by atoms with Gasteiger partial charge in [0.1, 0.15) is 17.3 Å². The number of Topliss-reactive ketones (excluding diaryl/α,β-unsaturated/α-hetero) is 1. The van der Waals surface area contributed by atoms with Crippen LogP contribution in [0.2, 0.25) is 0 Å². The smallest absolute Gasteiger partial charge is 0.340 e. The molecule has 3 aromatic rings. The number of rotatable bonds is 4. The zero-order valence-corrected chi connectivity index (χ0v) is 19.7. The minimum atomic E-state index is -1.33. The molecule has 35 heavy (non-hydrogen) atoms. The number of carbonyl (C=O) groups excluding carboxylic acids is 3. The Bertz CT molecular complexity index is 1470. The summed E-state index contributed by atoms with van der Waals surface area (Å²) in [5.74, 6) is -3.05. The highest BCUT2D eigenvalue weighted by Gasteiger charge is 2.47. The van der Waals surface area contributed by atoms with Crippen LogP contribution in [-0.4, -0.2) is 31.9 Å². The van der Waals surface area contributed by atoms with Gasteiger partial charge in [-0.2, -0.15) is 0 Å². The maximum atomic E-state index is 13.8. The highest BCUT2D eigenvalue weighted by Crippen LogP contribution is 2.46. The Morgan fingerprint density at radius 2 is 1.51 bits per heavy atom. The molecule has 2 aliphatic rings. The van der Waals surface area contributed by atoms with Gasteiger partial charge in [0, 0.05) is 22.2 Å². The van der Waals surface area contributed by atoms with Gasteiger partial charge in [-0.25, -0.2) is 4.79 Å². The summed E-state index contributed by atoms with van der Waals surface area (Å²) in [5, 5.41) is 4.80. The van der Waals surface area contributed by atoms with Crippen molar-refractivity contribution in [3.8, 4) is 0 Å². The van der Waals surface area contributed by atoms with Crippen molar-refractivity contribution in [3.63, 3.8) is 0 Å². The fraction of sp³-hybridized carbons (Fsp3) is 0.179. The second-order valence-corrected chi connectivity index (χ2v) is 8.47. The van der Waals surface area contributed by atoms with E-state index in [4.69, 9.17) is 14.2 Å². The van der Waals surface area contributed by atoms with Crippen LogP contribution < -0.4 is 5.32 Å². The molecule has 1 aliphatic heterocycles. The average Bonchev–Trinajstić information content (AvgIpc) is 2.87. The number of ether oxygens (including phenoxy) is 3. The number of aryl methyl sites for hydroxylation is 2. The number of ketones is 1. The lowest BCUT2D eigenvalue weighted by Gasteiger charge is -2.33. The van der Waals surface area contributed by atoms with Gasteiger partial charge >= 0.3 is 11.9 Å². The molecule has 7 heteroatoms. The van der Waals surface area contributed by atoms with Gasteiger partial charge in [-0.3, -0.25) is 9.59 Å². The summed E-state index contributed by atoms with van der Waals surface area (Å²) in [4.78, 5) is 40.0. The summed E-state index contributed by atoms with van der Waals surface area (Å²) >= 11 is 0. The van der Waals surface area contributed by atoms with Crippen LogP contribution in [0.4, 0.5) is 5.69 Å². The minimum absolute atomic E-state index is 0.0209. The van der Waals surface area contributed by atoms with E-state index in [1.54, 1.807) is 12.1 Å². The first-order valence-corrected chi connectivity index (χ1v) is 11.1. The zero-order valence-electron chi connectivity index (χ0n) is 19.7. The molecule has 0 spiro atoms. The normalized spacial score (nSPS) is 16.6. The molecule has 7 nitrogen and oxygen atoms in total. The summed E-state index contributed by atoms with van der Waals surface area (Å²) in [7, 11) is 2.43. The van der Waals surface area contributed by atoms with Crippen LogP contribution in [0.5, 0.6) is 0 Å². The third-order valence-corrected chi connectivity index (χ3v) is 6.47. The number of carbonyl (C=O) groups is 3. The third kappa shape index (κ3) is 3.39. The van der Waals surface area contributed by atoms with Crippen molar-refractivity contribution in [2.45, 2.75) is 13.8 Å². The Labute approximate surface area is 202 Å². The van der Waals surface area contributed by atoms with E-state index in [9.17, 15) is 14.4 Å². The molecule has 0 amide bonds. The fourth-order valence-electron chi connectivity index (χ4n) is 4.81. The van der Waals surface area contributed by atoms with Gasteiger partial charge in [-0.15, -0.1) is 0 Å². The number of benzene rings is 3. The Morgan fingerprint density at radius 3 is 2.14 bits per heavy atom. The van der Waals surface area contributed by atoms with Gasteiger partial charge in [0.25, 0.3) is 0 Å². The summed E-state index contributed by atoms with van der Waals surface area (Å²) in [6, 6.07) is 16.8. The number of fused-ring (bicyclic) bond motifs is 1. The predicted molar refractivity (Wildman–Crippen MR) is 130 cm³/mol. The largest absolute Gasteiger partial charge is 0.468 e. The zero-order chi connectivity index (χ0) is 24.9. The van der Waals surface area contributed by atoms with Crippen molar-refractivity contribution >= 4 is 39.9 Å². The van der Waals surface area contributed by atoms with Gasteiger partial charge in [-0.05, 0) is 30.4 Å². The van der Waals surface area contributed by atoms with Gasteiger partial charge in [0.05, 0.1) is 19.8 Å². The topological polar surface area (TPSA) is 90.9 Å². The van der Waals surface area contributed by atoms with Crippen molar-refractivity contribution in [3.05, 3.63) is 93.9 Å². The van der Waals surface area contributed by atoms with E-state index in [1.165, 1.54) is 14.2 Å². The number of hydrogen-bond donors (Lipinski definition) is 1. The lowest BCUT2D eigenvalue weighted by Crippen LogP contribution is -2.36. The maximum Gasteiger partial charge on any atom is 0.340 e. The monoisotopic (exact) mass is 469 g/mol. The van der Waals surface area contributed by atoms with E-state index in [2.05, 4.69) is 5.32 Å². The summed E-state index contributed by atoms with van der Waals surface area (Å²) < 4.78 is 16.4. The maximum absolute atomic E-state index is 13.8. The van der Waals surface area contributed by atoms with Crippen LogP contribution in [-0.2, 0) is 23.8 Å². The van der Waals surface area contributed by atoms with Gasteiger partial charge in [0.2, 0.25) is 5.88 Å². The number of anilines is 1. The Morgan fingerprint density at radius 1 is 0.886 bits per heavy atom. The average molecular weight is 469 g/mol. The number of esters is 2. The molecular formula is C28H23NO6. The standard InChI is InChI=1S/C28H23NO6/c1-14-8-5-9-15(2)23(14)29-26-22(28(32)34-4)20(27(31)33-3)21-24(30)17-12-6-10-16-11-7-13-18(19(16)17)25(21)35-26/h5-13,20,29H,1-4H3. The molecule has 1 heterocycles. The van der Waals surface area contributed by atoms with Crippen LogP contribution >= 0.6 is 0 Å². The summed E-state index contributed by atoms with van der Waals surface area (Å²) in [5.41, 5.74) is 3.56. The van der Waals surface area contributed by atoms with Gasteiger partial charge in [-0.1, -0.05) is 54.6 Å². The molecule has 3 aromatic carbocycles. The number of methoxy groups -OCH3 is 2. The predicted octanol–water partition coefficient (Wildman–Crippen LogP) is 4.68. The highest BCUT2D eigenvalue weighted by molar-refractivity contribution is 6.27. The molecule has 1 atom stereocenters. The molecule has 1 N–H and O–H groups in total. The van der Waals surface area contributed by atoms with E-state index in [0.717, 1.165) is 27.6 Å². The molecule has 0 bridgehead atoms. The van der Waals surface area contributed by atoms with E-state index in [-0.39, 0.29) is 22.8 Å². The van der Waals surface area contributed by atoms with E-state index in [0.29, 0.717) is 11.1 Å². The molecule has 0 saturated heterocycles. The number of nitrogens with one attached hydrogen (secondary N) is 1. The second-order valence-electron chi connectivity index (χ2n) is 8.47. The minimum Gasteiger partial charge on any atom is -0.468 e. The SMILES string of the molecule is COC(=O)C1=C(Nc2c(C)cccc2C)OC2=C(C(=O)c3cccc4cccc2c34)C1C(=O)OC. The van der Waals surface area contributed by atoms with E-state index >= 15 is 0 Å². The van der Waals surface area contributed by atoms with Gasteiger partial charge in [0.15, 0.2) is 5.78 Å². The first-order valence-electron chi connectivity index (χ1n) is 11.1. The van der Waals surface area contributed by atoms with Crippen LogP contribution in [0.25, 0.3) is 16.5 Å². The molecule has 1 aliphatic carbocycles. The Balaban J connectivity index is 1.79. The molecule has 0 radical (unpaired) electrons. The Hall–Kier alpha value is -4.39. The molecule has 0 saturated carbocycles. The van der Waals surface area contributed by atoms with Crippen molar-refractivity contribution in [2.75, 3.05) is 19.5 Å². The molecular weight excluding hydrogens is 446 g/mol. The molecule has 176 valence electrons. The van der Waals surface area contributed by atoms with Crippen molar-refractivity contribution in [2.24, 2.45) is 5.92 Å². The Kier molecular flexibility index (Phi) is 5.40. The third-order valence-electron chi connectivity index (χ3n) is 6.47. The van der Waals surface area contributed by atoms with E-state index < -0.39 is 23.6 Å². The van der Waals surface area contributed by atoms with Crippen LogP contribution in [0.3, 0.4) is 0 Å². The fourth-order valence-corrected chi connectivity index (χ4v) is 4.81. The van der Waals surface area contributed by atoms with Crippen molar-refractivity contribution in [1.82, 2.24) is 0 Å². The second kappa shape index (κ2) is 8.43. The molecule has 5 rings (SSSR count). The lowest BCUT2D eigenvalue weighted by atomic mass is 9.77. The number of para-hydroxylation sites is 1. The summed E-state index contributed by atoms with van der Waals surface area (Å²) in [6.45, 7) is 3.83. The van der Waals surface area contributed by atoms with Crippen LogP contribution in [0.1, 0.15) is 27.0 Å². The molecule has 0 aromatic heterocycles. The van der Waals surface area contributed by atoms with Crippen molar-refractivity contribution < 1.29 is 28.6 Å². The van der Waals surface area contributed by atoms with Crippen LogP contribution in [0.15, 0.2) is 71.6 Å². The first kappa shape index (κ1) is 22.4. The summed E-state index contributed by atoms with van der Waals surface area (Å²) in [6.07, 6.45) is 0. The lowest BCUT2D eigenvalue weighted by molar-refractivity contribution is -0.146. The van der Waals surface area contributed by atoms with Gasteiger partial charge < -0.3 is 19.5 Å². The highest BCUT2D eigenvalue weighted by atomic mass is 16.5. The van der Waals surface area contributed by atoms with Crippen LogP contribution in [0, 0.1) is 19.8 Å². The molecule has 1 unspecified atom stereocenters. The quantitative estimate of drug-likeness (QED) is 0.555. The number of hydrogen-bond acceptors (Lipinski definition) is 7.